The monoisotopic (exact) mass is 891 g/mol. The van der Waals surface area contributed by atoms with Crippen molar-refractivity contribution >= 4 is 17.9 Å². The maximum Gasteiger partial charge on any atom is 0.306 e. The summed E-state index contributed by atoms with van der Waals surface area (Å²) in [4.78, 5) is 38.0. The Bertz CT molecular complexity index is 1250. The molecule has 0 spiro atoms. The normalized spacial score (nSPS) is 12.7. The molecule has 0 radical (unpaired) electrons. The predicted molar refractivity (Wildman–Crippen MR) is 274 cm³/mol. The van der Waals surface area contributed by atoms with Gasteiger partial charge in [0.2, 0.25) is 0 Å². The number of rotatable bonds is 47. The van der Waals surface area contributed by atoms with E-state index in [0.29, 0.717) is 19.3 Å². The second-order valence-corrected chi connectivity index (χ2v) is 17.5. The van der Waals surface area contributed by atoms with Crippen LogP contribution >= 0.6 is 0 Å². The molecule has 0 saturated heterocycles. The minimum Gasteiger partial charge on any atom is -0.462 e. The molecular formula is C58H98O6. The van der Waals surface area contributed by atoms with Crippen LogP contribution < -0.4 is 0 Å². The highest BCUT2D eigenvalue weighted by atomic mass is 16.6. The zero-order valence-electron chi connectivity index (χ0n) is 41.8. The first-order valence-corrected chi connectivity index (χ1v) is 26.6. The SMILES string of the molecule is CC\C=C/C=C\C=C/CCCCCCCC(=O)OCC(COC(=O)CCC/C=C\C/C=C\C/C=C\C/C=C\CCCCC)OC(=O)CCCCCCCCCCCCCCCCCC. The molecule has 0 heterocycles. The Balaban J connectivity index is 4.48. The summed E-state index contributed by atoms with van der Waals surface area (Å²) >= 11 is 0. The Morgan fingerprint density at radius 2 is 0.688 bits per heavy atom. The maximum absolute atomic E-state index is 12.8. The van der Waals surface area contributed by atoms with Gasteiger partial charge < -0.3 is 14.2 Å². The number of hydrogen-bond acceptors (Lipinski definition) is 6. The summed E-state index contributed by atoms with van der Waals surface area (Å²) in [5.41, 5.74) is 0. The van der Waals surface area contributed by atoms with Gasteiger partial charge in [0.25, 0.3) is 0 Å². The molecule has 0 N–H and O–H groups in total. The van der Waals surface area contributed by atoms with E-state index in [9.17, 15) is 14.4 Å². The van der Waals surface area contributed by atoms with E-state index in [1.54, 1.807) is 0 Å². The lowest BCUT2D eigenvalue weighted by atomic mass is 10.0. The van der Waals surface area contributed by atoms with Crippen LogP contribution in [0.25, 0.3) is 0 Å². The van der Waals surface area contributed by atoms with Gasteiger partial charge in [0.05, 0.1) is 0 Å². The third-order valence-electron chi connectivity index (χ3n) is 11.2. The number of carbonyl (C=O) groups is 3. The summed E-state index contributed by atoms with van der Waals surface area (Å²) in [5, 5.41) is 0. The quantitative estimate of drug-likeness (QED) is 0.0199. The molecular weight excluding hydrogens is 793 g/mol. The van der Waals surface area contributed by atoms with E-state index in [2.05, 4.69) is 106 Å². The van der Waals surface area contributed by atoms with E-state index in [0.717, 1.165) is 89.9 Å². The standard InChI is InChI=1S/C58H98O6/c1-4-7-10-13-16-19-22-25-27-29-31-33-36-39-42-45-48-51-57(60)63-54-55(53-62-56(59)50-47-44-41-38-35-32-24-21-18-15-12-9-6-3)64-58(61)52-49-46-43-40-37-34-30-28-26-23-20-17-14-11-8-5-2/h9,12,15-16,18-19,21,24-25,27,31,33,39,42,55H,4-8,10-11,13-14,17,20,22-23,26,28-30,32,34-38,40-41,43-54H2,1-3H3/b12-9-,18-15-,19-16-,24-21-,27-25-,33-31-,42-39-. The second-order valence-electron chi connectivity index (χ2n) is 17.5. The number of unbranched alkanes of at least 4 members (excludes halogenated alkanes) is 24. The molecule has 0 amide bonds. The van der Waals surface area contributed by atoms with Crippen molar-refractivity contribution in [1.29, 1.82) is 0 Å². The fourth-order valence-electron chi connectivity index (χ4n) is 7.20. The van der Waals surface area contributed by atoms with Crippen molar-refractivity contribution < 1.29 is 28.6 Å². The van der Waals surface area contributed by atoms with Crippen molar-refractivity contribution in [3.63, 3.8) is 0 Å². The van der Waals surface area contributed by atoms with Crippen molar-refractivity contribution in [2.24, 2.45) is 0 Å². The molecule has 0 saturated carbocycles. The van der Waals surface area contributed by atoms with Gasteiger partial charge in [0.15, 0.2) is 6.10 Å². The first-order valence-electron chi connectivity index (χ1n) is 26.6. The Hall–Kier alpha value is -3.41. The van der Waals surface area contributed by atoms with E-state index in [1.165, 1.54) is 109 Å². The molecule has 0 aromatic rings. The minimum absolute atomic E-state index is 0.103. The smallest absolute Gasteiger partial charge is 0.306 e. The summed E-state index contributed by atoms with van der Waals surface area (Å²) in [6.45, 7) is 6.42. The van der Waals surface area contributed by atoms with Crippen LogP contribution in [0.3, 0.4) is 0 Å². The van der Waals surface area contributed by atoms with Gasteiger partial charge in [-0.05, 0) is 77.0 Å². The van der Waals surface area contributed by atoms with Gasteiger partial charge in [-0.1, -0.05) is 234 Å². The molecule has 0 fully saturated rings. The lowest BCUT2D eigenvalue weighted by molar-refractivity contribution is -0.167. The molecule has 1 atom stereocenters. The van der Waals surface area contributed by atoms with E-state index in [1.807, 2.05) is 0 Å². The van der Waals surface area contributed by atoms with Crippen LogP contribution in [0.5, 0.6) is 0 Å². The average molecular weight is 891 g/mol. The lowest BCUT2D eigenvalue weighted by Gasteiger charge is -2.18. The van der Waals surface area contributed by atoms with Crippen LogP contribution in [-0.2, 0) is 28.6 Å². The maximum atomic E-state index is 12.8. The number of carbonyl (C=O) groups excluding carboxylic acids is 3. The molecule has 0 aliphatic carbocycles. The summed E-state index contributed by atoms with van der Waals surface area (Å²) < 4.78 is 16.8. The highest BCUT2D eigenvalue weighted by Gasteiger charge is 2.19. The van der Waals surface area contributed by atoms with Crippen molar-refractivity contribution in [3.8, 4) is 0 Å². The highest BCUT2D eigenvalue weighted by Crippen LogP contribution is 2.15. The van der Waals surface area contributed by atoms with Crippen molar-refractivity contribution in [2.45, 2.75) is 252 Å². The molecule has 0 rings (SSSR count). The molecule has 0 aromatic carbocycles. The molecule has 0 aliphatic rings. The largest absolute Gasteiger partial charge is 0.462 e. The molecule has 0 bridgehead atoms. The average Bonchev–Trinajstić information content (AvgIpc) is 3.29. The molecule has 64 heavy (non-hydrogen) atoms. The molecule has 1 unspecified atom stereocenters. The molecule has 0 aromatic heterocycles. The van der Waals surface area contributed by atoms with Crippen LogP contribution in [0.15, 0.2) is 85.1 Å². The minimum atomic E-state index is -0.805. The van der Waals surface area contributed by atoms with Crippen molar-refractivity contribution in [1.82, 2.24) is 0 Å². The van der Waals surface area contributed by atoms with Crippen LogP contribution in [0.2, 0.25) is 0 Å². The highest BCUT2D eigenvalue weighted by molar-refractivity contribution is 5.71. The lowest BCUT2D eigenvalue weighted by Crippen LogP contribution is -2.30. The van der Waals surface area contributed by atoms with Crippen molar-refractivity contribution in [2.75, 3.05) is 13.2 Å². The zero-order valence-corrected chi connectivity index (χ0v) is 41.8. The van der Waals surface area contributed by atoms with Crippen LogP contribution in [0, 0.1) is 0 Å². The van der Waals surface area contributed by atoms with Gasteiger partial charge in [-0.15, -0.1) is 0 Å². The topological polar surface area (TPSA) is 78.9 Å². The fourth-order valence-corrected chi connectivity index (χ4v) is 7.20. The Kier molecular flexibility index (Phi) is 49.4. The van der Waals surface area contributed by atoms with Gasteiger partial charge in [0, 0.05) is 19.3 Å². The number of hydrogen-bond donors (Lipinski definition) is 0. The fraction of sp³-hybridized carbons (Fsp3) is 0.707. The van der Waals surface area contributed by atoms with Crippen molar-refractivity contribution in [3.05, 3.63) is 85.1 Å². The Morgan fingerprint density at radius 1 is 0.344 bits per heavy atom. The molecule has 6 nitrogen and oxygen atoms in total. The summed E-state index contributed by atoms with van der Waals surface area (Å²) in [5.74, 6) is -0.976. The first kappa shape index (κ1) is 60.6. The second kappa shape index (κ2) is 52.2. The van der Waals surface area contributed by atoms with Gasteiger partial charge in [-0.2, -0.15) is 0 Å². The predicted octanol–water partition coefficient (Wildman–Crippen LogP) is 17.6. The van der Waals surface area contributed by atoms with Gasteiger partial charge >= 0.3 is 17.9 Å². The Morgan fingerprint density at radius 3 is 1.17 bits per heavy atom. The summed E-state index contributed by atoms with van der Waals surface area (Å²) in [7, 11) is 0. The van der Waals surface area contributed by atoms with Gasteiger partial charge in [-0.25, -0.2) is 0 Å². The molecule has 0 aliphatic heterocycles. The van der Waals surface area contributed by atoms with Gasteiger partial charge in [-0.3, -0.25) is 14.4 Å². The molecule has 366 valence electrons. The van der Waals surface area contributed by atoms with E-state index in [-0.39, 0.29) is 37.5 Å². The molecule has 6 heteroatoms. The van der Waals surface area contributed by atoms with Crippen LogP contribution in [0.4, 0.5) is 0 Å². The number of esters is 3. The summed E-state index contributed by atoms with van der Waals surface area (Å²) in [6.07, 6.45) is 67.1. The number of allylic oxidation sites excluding steroid dienone is 14. The van der Waals surface area contributed by atoms with Gasteiger partial charge in [0.1, 0.15) is 13.2 Å². The third-order valence-corrected chi connectivity index (χ3v) is 11.2. The van der Waals surface area contributed by atoms with E-state index in [4.69, 9.17) is 14.2 Å². The van der Waals surface area contributed by atoms with Crippen LogP contribution in [-0.4, -0.2) is 37.2 Å². The zero-order chi connectivity index (χ0) is 46.5. The van der Waals surface area contributed by atoms with E-state index >= 15 is 0 Å². The van der Waals surface area contributed by atoms with Crippen LogP contribution in [0.1, 0.15) is 245 Å². The third kappa shape index (κ3) is 49.6. The Labute approximate surface area is 395 Å². The number of ether oxygens (including phenoxy) is 3. The van der Waals surface area contributed by atoms with E-state index < -0.39 is 6.10 Å². The first-order chi connectivity index (χ1) is 31.5. The summed E-state index contributed by atoms with van der Waals surface area (Å²) in [6, 6.07) is 0.